The molecule has 7 nitrogen and oxygen atoms in total. The van der Waals surface area contributed by atoms with Gasteiger partial charge in [-0.2, -0.15) is 0 Å². The Kier molecular flexibility index (Phi) is 8.76. The van der Waals surface area contributed by atoms with E-state index in [1.54, 1.807) is 57.2 Å². The maximum absolute atomic E-state index is 13.6. The van der Waals surface area contributed by atoms with Gasteiger partial charge < -0.3 is 10.6 Å². The van der Waals surface area contributed by atoms with Crippen molar-refractivity contribution in [2.45, 2.75) is 76.3 Å². The summed E-state index contributed by atoms with van der Waals surface area (Å²) in [6, 6.07) is 19.1. The number of rotatable bonds is 8. The van der Waals surface area contributed by atoms with Gasteiger partial charge in [0.05, 0.1) is 4.90 Å². The number of amides is 2. The van der Waals surface area contributed by atoms with Gasteiger partial charge in [0.15, 0.2) is 0 Å². The first-order valence-corrected chi connectivity index (χ1v) is 15.1. The molecule has 3 aromatic rings. The van der Waals surface area contributed by atoms with Crippen molar-refractivity contribution < 1.29 is 18.0 Å². The number of anilines is 1. The molecule has 0 saturated heterocycles. The van der Waals surface area contributed by atoms with Crippen molar-refractivity contribution in [2.75, 3.05) is 5.32 Å². The molecule has 8 heteroatoms. The zero-order valence-electron chi connectivity index (χ0n) is 23.2. The van der Waals surface area contributed by atoms with Gasteiger partial charge in [0, 0.05) is 34.3 Å². The van der Waals surface area contributed by atoms with E-state index in [1.807, 2.05) is 30.3 Å². The fourth-order valence-corrected chi connectivity index (χ4v) is 6.81. The first-order valence-electron chi connectivity index (χ1n) is 13.6. The van der Waals surface area contributed by atoms with Gasteiger partial charge in [0.25, 0.3) is 0 Å². The molecule has 2 amide bonds. The minimum absolute atomic E-state index is 0.0856. The molecule has 4 rings (SSSR count). The first kappa shape index (κ1) is 28.8. The molecule has 208 valence electrons. The van der Waals surface area contributed by atoms with E-state index in [0.717, 1.165) is 31.2 Å². The monoisotopic (exact) mass is 549 g/mol. The van der Waals surface area contributed by atoms with Crippen molar-refractivity contribution >= 4 is 38.3 Å². The average Bonchev–Trinajstić information content (AvgIpc) is 2.87. The van der Waals surface area contributed by atoms with E-state index in [-0.39, 0.29) is 22.6 Å². The maximum atomic E-state index is 13.6. The molecule has 1 aliphatic carbocycles. The van der Waals surface area contributed by atoms with E-state index >= 15 is 0 Å². The summed E-state index contributed by atoms with van der Waals surface area (Å²) in [5.41, 5.74) is 0.783. The van der Waals surface area contributed by atoms with Crippen molar-refractivity contribution in [3.05, 3.63) is 72.3 Å². The van der Waals surface area contributed by atoms with Gasteiger partial charge in [-0.05, 0) is 70.1 Å². The number of carbonyl (C=O) groups is 2. The highest BCUT2D eigenvalue weighted by Gasteiger charge is 2.29. The normalized spacial score (nSPS) is 18.9. The summed E-state index contributed by atoms with van der Waals surface area (Å²) < 4.78 is 29.0. The van der Waals surface area contributed by atoms with Crippen LogP contribution in [0.5, 0.6) is 0 Å². The molecular weight excluding hydrogens is 510 g/mol. The van der Waals surface area contributed by atoms with Crippen molar-refractivity contribution in [1.82, 2.24) is 10.0 Å². The molecule has 0 aliphatic heterocycles. The van der Waals surface area contributed by atoms with Crippen molar-refractivity contribution in [1.29, 1.82) is 0 Å². The third-order valence-corrected chi connectivity index (χ3v) is 8.99. The number of benzene rings is 3. The van der Waals surface area contributed by atoms with Crippen LogP contribution in [0, 0.1) is 11.8 Å². The van der Waals surface area contributed by atoms with Crippen LogP contribution in [-0.4, -0.2) is 31.8 Å². The molecule has 1 saturated carbocycles. The number of nitrogens with one attached hydrogen (secondary N) is 3. The Bertz CT molecular complexity index is 1420. The van der Waals surface area contributed by atoms with E-state index in [0.29, 0.717) is 28.8 Å². The lowest BCUT2D eigenvalue weighted by Crippen LogP contribution is -2.47. The molecule has 39 heavy (non-hydrogen) atoms. The Morgan fingerprint density at radius 3 is 2.18 bits per heavy atom. The summed E-state index contributed by atoms with van der Waals surface area (Å²) in [5, 5.41) is 7.11. The second-order valence-corrected chi connectivity index (χ2v) is 13.4. The van der Waals surface area contributed by atoms with Crippen LogP contribution in [0.25, 0.3) is 10.8 Å². The minimum atomic E-state index is -3.80. The van der Waals surface area contributed by atoms with Gasteiger partial charge in [-0.15, -0.1) is 0 Å². The third kappa shape index (κ3) is 7.46. The molecule has 0 bridgehead atoms. The number of hydrogen-bond donors (Lipinski definition) is 3. The summed E-state index contributed by atoms with van der Waals surface area (Å²) >= 11 is 0. The molecule has 0 radical (unpaired) electrons. The topological polar surface area (TPSA) is 104 Å². The molecule has 0 spiro atoms. The van der Waals surface area contributed by atoms with Gasteiger partial charge in [0.2, 0.25) is 21.8 Å². The van der Waals surface area contributed by atoms with Crippen LogP contribution in [0.4, 0.5) is 5.69 Å². The fourth-order valence-electron chi connectivity index (χ4n) is 5.17. The van der Waals surface area contributed by atoms with Crippen LogP contribution < -0.4 is 15.4 Å². The summed E-state index contributed by atoms with van der Waals surface area (Å²) in [6.07, 6.45) is 4.03. The quantitative estimate of drug-likeness (QED) is 0.350. The molecule has 1 aliphatic rings. The number of hydrogen-bond acceptors (Lipinski definition) is 4. The Labute approximate surface area is 231 Å². The first-order chi connectivity index (χ1) is 18.4. The van der Waals surface area contributed by atoms with Crippen LogP contribution >= 0.6 is 0 Å². The Hall–Kier alpha value is -3.23. The van der Waals surface area contributed by atoms with Gasteiger partial charge in [-0.1, -0.05) is 61.5 Å². The van der Waals surface area contributed by atoms with Gasteiger partial charge in [-0.3, -0.25) is 9.59 Å². The summed E-state index contributed by atoms with van der Waals surface area (Å²) in [6.45, 7) is 7.57. The third-order valence-electron chi connectivity index (χ3n) is 7.17. The highest BCUT2D eigenvalue weighted by molar-refractivity contribution is 7.89. The van der Waals surface area contributed by atoms with Crippen LogP contribution in [0.3, 0.4) is 0 Å². The number of sulfonamides is 1. The average molecular weight is 550 g/mol. The van der Waals surface area contributed by atoms with E-state index < -0.39 is 21.6 Å². The minimum Gasteiger partial charge on any atom is -0.344 e. The molecule has 3 aromatic carbocycles. The van der Waals surface area contributed by atoms with Crippen molar-refractivity contribution in [2.24, 2.45) is 11.8 Å². The predicted molar refractivity (Wildman–Crippen MR) is 156 cm³/mol. The summed E-state index contributed by atoms with van der Waals surface area (Å²) in [5.74, 6) is 0.103. The Morgan fingerprint density at radius 2 is 1.51 bits per heavy atom. The van der Waals surface area contributed by atoms with Crippen LogP contribution in [-0.2, 0) is 26.0 Å². The van der Waals surface area contributed by atoms with Gasteiger partial charge in [0.1, 0.15) is 6.04 Å². The molecule has 1 fully saturated rings. The second kappa shape index (κ2) is 11.9. The van der Waals surface area contributed by atoms with Crippen molar-refractivity contribution in [3.63, 3.8) is 0 Å². The SMILES string of the molecule is CC1CCC(C(=O)NC(Cc2ccccc2)C(=O)Nc2cccc3c(S(=O)(=O)NC(C)(C)C)cccc23)CC1. The van der Waals surface area contributed by atoms with Crippen molar-refractivity contribution in [3.8, 4) is 0 Å². The largest absolute Gasteiger partial charge is 0.344 e. The smallest absolute Gasteiger partial charge is 0.247 e. The zero-order chi connectivity index (χ0) is 28.2. The standard InChI is InChI=1S/C31H39N3O4S/c1-21-16-18-23(19-17-21)29(35)33-27(20-22-10-6-5-7-11-22)30(36)32-26-14-8-13-25-24(26)12-9-15-28(25)39(37,38)34-31(2,3)4/h5-15,21,23,27,34H,16-20H2,1-4H3,(H,32,36)(H,33,35). The summed E-state index contributed by atoms with van der Waals surface area (Å²) in [7, 11) is -3.80. The lowest BCUT2D eigenvalue weighted by atomic mass is 9.82. The second-order valence-electron chi connectivity index (χ2n) is 11.7. The molecule has 1 atom stereocenters. The molecule has 0 aromatic heterocycles. The van der Waals surface area contributed by atoms with Gasteiger partial charge >= 0.3 is 0 Å². The Morgan fingerprint density at radius 1 is 0.872 bits per heavy atom. The predicted octanol–water partition coefficient (Wildman–Crippen LogP) is 5.41. The number of fused-ring (bicyclic) bond motifs is 1. The molecule has 3 N–H and O–H groups in total. The number of carbonyl (C=O) groups excluding carboxylic acids is 2. The van der Waals surface area contributed by atoms with Gasteiger partial charge in [-0.25, -0.2) is 13.1 Å². The van der Waals surface area contributed by atoms with E-state index in [1.165, 1.54) is 0 Å². The van der Waals surface area contributed by atoms with Crippen LogP contribution in [0.2, 0.25) is 0 Å². The lowest BCUT2D eigenvalue weighted by Gasteiger charge is -2.27. The zero-order valence-corrected chi connectivity index (χ0v) is 24.0. The van der Waals surface area contributed by atoms with E-state index in [9.17, 15) is 18.0 Å². The lowest BCUT2D eigenvalue weighted by molar-refractivity contribution is -0.130. The Balaban J connectivity index is 1.61. The molecule has 1 unspecified atom stereocenters. The maximum Gasteiger partial charge on any atom is 0.247 e. The van der Waals surface area contributed by atoms with Crippen LogP contribution in [0.15, 0.2) is 71.6 Å². The highest BCUT2D eigenvalue weighted by Crippen LogP contribution is 2.30. The molecular formula is C31H39N3O4S. The highest BCUT2D eigenvalue weighted by atomic mass is 32.2. The fraction of sp³-hybridized carbons (Fsp3) is 0.419. The molecule has 0 heterocycles. The van der Waals surface area contributed by atoms with Crippen LogP contribution in [0.1, 0.15) is 58.9 Å². The van der Waals surface area contributed by atoms with E-state index in [2.05, 4.69) is 22.3 Å². The summed E-state index contributed by atoms with van der Waals surface area (Å²) in [4.78, 5) is 27.0. The van der Waals surface area contributed by atoms with E-state index in [4.69, 9.17) is 0 Å².